The number of ether oxygens (including phenoxy) is 1. The number of oxime groups is 1. The van der Waals surface area contributed by atoms with Crippen LogP contribution in [0.25, 0.3) is 0 Å². The molecule has 0 aromatic carbocycles. The summed E-state index contributed by atoms with van der Waals surface area (Å²) in [4.78, 5) is 20.8. The summed E-state index contributed by atoms with van der Waals surface area (Å²) in [5.41, 5.74) is 1.00. The van der Waals surface area contributed by atoms with E-state index < -0.39 is 17.5 Å². The van der Waals surface area contributed by atoms with Crippen molar-refractivity contribution in [3.63, 3.8) is 0 Å². The summed E-state index contributed by atoms with van der Waals surface area (Å²) < 4.78 is 6.42. The third kappa shape index (κ3) is 4.27. The van der Waals surface area contributed by atoms with Gasteiger partial charge in [-0.15, -0.1) is 0 Å². The molecule has 0 amide bonds. The lowest BCUT2D eigenvalue weighted by molar-refractivity contribution is -0.161. The third-order valence-corrected chi connectivity index (χ3v) is 3.68. The van der Waals surface area contributed by atoms with Crippen molar-refractivity contribution in [2.75, 3.05) is 6.61 Å². The Balaban J connectivity index is 1.90. The number of aromatic nitrogens is 1. The number of carbonyl (C=O) groups is 1. The molecule has 1 aromatic heterocycles. The van der Waals surface area contributed by atoms with Crippen LogP contribution < -0.4 is 0 Å². The standard InChI is InChI=1S/C15H19BrN2O4/c1-15(2,3)13(14(19)20)21-8-10-6-12(18-22-10)11-5-4-9(16)7-17-11/h4-5,7,10,13H,6,8H2,1-3H3,(H,19,20)/t10-,13?/m0/s1. The Bertz CT molecular complexity index is 566. The van der Waals surface area contributed by atoms with E-state index in [1.165, 1.54) is 0 Å². The van der Waals surface area contributed by atoms with E-state index in [1.54, 1.807) is 6.20 Å². The van der Waals surface area contributed by atoms with E-state index in [0.717, 1.165) is 15.9 Å². The molecule has 0 spiro atoms. The predicted octanol–water partition coefficient (Wildman–Crippen LogP) is 2.85. The molecule has 2 rings (SSSR count). The van der Waals surface area contributed by atoms with E-state index in [0.29, 0.717) is 6.42 Å². The van der Waals surface area contributed by atoms with E-state index in [2.05, 4.69) is 26.1 Å². The molecule has 7 heteroatoms. The number of aliphatic carboxylic acids is 1. The minimum atomic E-state index is -0.971. The number of carboxylic acids is 1. The molecule has 0 radical (unpaired) electrons. The first kappa shape index (κ1) is 16.9. The number of rotatable bonds is 5. The third-order valence-electron chi connectivity index (χ3n) is 3.22. The molecule has 0 saturated heterocycles. The zero-order chi connectivity index (χ0) is 16.3. The minimum absolute atomic E-state index is 0.178. The average Bonchev–Trinajstić information content (AvgIpc) is 2.86. The molecule has 1 aliphatic heterocycles. The Morgan fingerprint density at radius 1 is 1.55 bits per heavy atom. The van der Waals surface area contributed by atoms with Crippen LogP contribution in [0.1, 0.15) is 32.9 Å². The number of hydrogen-bond donors (Lipinski definition) is 1. The summed E-state index contributed by atoms with van der Waals surface area (Å²) >= 11 is 3.33. The molecule has 120 valence electrons. The molecule has 2 atom stereocenters. The Kier molecular flexibility index (Phi) is 5.18. The first-order chi connectivity index (χ1) is 10.3. The summed E-state index contributed by atoms with van der Waals surface area (Å²) in [7, 11) is 0. The summed E-state index contributed by atoms with van der Waals surface area (Å²) in [6.07, 6.45) is 1.07. The lowest BCUT2D eigenvalue weighted by atomic mass is 9.89. The Hall–Kier alpha value is -1.47. The SMILES string of the molecule is CC(C)(C)C(OC[C@@H]1CC(c2ccc(Br)cn2)=NO1)C(=O)O. The highest BCUT2D eigenvalue weighted by atomic mass is 79.9. The fourth-order valence-electron chi connectivity index (χ4n) is 2.11. The summed E-state index contributed by atoms with van der Waals surface area (Å²) in [5, 5.41) is 13.2. The lowest BCUT2D eigenvalue weighted by Gasteiger charge is -2.27. The van der Waals surface area contributed by atoms with Gasteiger partial charge in [0, 0.05) is 17.1 Å². The van der Waals surface area contributed by atoms with Gasteiger partial charge in [0.05, 0.1) is 12.3 Å². The van der Waals surface area contributed by atoms with E-state index in [9.17, 15) is 9.90 Å². The molecule has 1 aliphatic rings. The van der Waals surface area contributed by atoms with E-state index in [-0.39, 0.29) is 12.7 Å². The number of hydrogen-bond acceptors (Lipinski definition) is 5. The summed E-state index contributed by atoms with van der Waals surface area (Å²) in [6.45, 7) is 5.66. The van der Waals surface area contributed by atoms with Crippen molar-refractivity contribution in [1.82, 2.24) is 4.98 Å². The smallest absolute Gasteiger partial charge is 0.333 e. The molecule has 0 aliphatic carbocycles. The highest BCUT2D eigenvalue weighted by Crippen LogP contribution is 2.24. The monoisotopic (exact) mass is 370 g/mol. The molecule has 0 saturated carbocycles. The second-order valence-electron chi connectivity index (χ2n) is 6.25. The van der Waals surface area contributed by atoms with Crippen LogP contribution >= 0.6 is 15.9 Å². The van der Waals surface area contributed by atoms with E-state index in [4.69, 9.17) is 9.57 Å². The predicted molar refractivity (Wildman–Crippen MR) is 84.8 cm³/mol. The van der Waals surface area contributed by atoms with Crippen molar-refractivity contribution in [2.24, 2.45) is 10.6 Å². The zero-order valence-electron chi connectivity index (χ0n) is 12.7. The van der Waals surface area contributed by atoms with Gasteiger partial charge in [-0.25, -0.2) is 4.79 Å². The van der Waals surface area contributed by atoms with Gasteiger partial charge in [-0.2, -0.15) is 0 Å². The van der Waals surface area contributed by atoms with Gasteiger partial charge in [0.15, 0.2) is 12.2 Å². The van der Waals surface area contributed by atoms with Crippen LogP contribution in [0.3, 0.4) is 0 Å². The summed E-state index contributed by atoms with van der Waals surface area (Å²) in [6, 6.07) is 3.74. The minimum Gasteiger partial charge on any atom is -0.479 e. The molecule has 0 fully saturated rings. The van der Waals surface area contributed by atoms with Gasteiger partial charge in [-0.3, -0.25) is 4.98 Å². The Morgan fingerprint density at radius 3 is 2.82 bits per heavy atom. The maximum absolute atomic E-state index is 11.3. The van der Waals surface area contributed by atoms with Crippen molar-refractivity contribution < 1.29 is 19.5 Å². The number of pyridine rings is 1. The van der Waals surface area contributed by atoms with Crippen molar-refractivity contribution in [3.8, 4) is 0 Å². The van der Waals surface area contributed by atoms with Crippen molar-refractivity contribution in [2.45, 2.75) is 39.4 Å². The highest BCUT2D eigenvalue weighted by Gasteiger charge is 2.34. The second kappa shape index (κ2) is 6.75. The zero-order valence-corrected chi connectivity index (χ0v) is 14.3. The molecular formula is C15H19BrN2O4. The van der Waals surface area contributed by atoms with Gasteiger partial charge in [-0.05, 0) is 33.5 Å². The van der Waals surface area contributed by atoms with Crippen LogP contribution in [-0.2, 0) is 14.4 Å². The summed E-state index contributed by atoms with van der Waals surface area (Å²) in [5.74, 6) is -0.971. The maximum Gasteiger partial charge on any atom is 0.333 e. The van der Waals surface area contributed by atoms with Gasteiger partial charge in [0.2, 0.25) is 0 Å². The van der Waals surface area contributed by atoms with Crippen molar-refractivity contribution in [3.05, 3.63) is 28.5 Å². The number of carboxylic acid groups (broad SMARTS) is 1. The first-order valence-corrected chi connectivity index (χ1v) is 7.75. The average molecular weight is 371 g/mol. The first-order valence-electron chi connectivity index (χ1n) is 6.96. The van der Waals surface area contributed by atoms with Gasteiger partial charge >= 0.3 is 5.97 Å². The molecule has 1 N–H and O–H groups in total. The normalized spacial score (nSPS) is 19.5. The van der Waals surface area contributed by atoms with Crippen molar-refractivity contribution in [1.29, 1.82) is 0 Å². The number of nitrogens with zero attached hydrogens (tertiary/aromatic N) is 2. The van der Waals surface area contributed by atoms with Crippen LogP contribution in [0, 0.1) is 5.41 Å². The fraction of sp³-hybridized carbons (Fsp3) is 0.533. The van der Waals surface area contributed by atoms with Crippen LogP contribution in [0.5, 0.6) is 0 Å². The van der Waals surface area contributed by atoms with E-state index >= 15 is 0 Å². The molecular weight excluding hydrogens is 352 g/mol. The van der Waals surface area contributed by atoms with Gasteiger partial charge in [0.25, 0.3) is 0 Å². The molecule has 1 unspecified atom stereocenters. The number of halogens is 1. The Labute approximate surface area is 137 Å². The van der Waals surface area contributed by atoms with E-state index in [1.807, 2.05) is 32.9 Å². The highest BCUT2D eigenvalue weighted by molar-refractivity contribution is 9.10. The Morgan fingerprint density at radius 2 is 2.27 bits per heavy atom. The quantitative estimate of drug-likeness (QED) is 0.861. The van der Waals surface area contributed by atoms with Crippen LogP contribution in [0.2, 0.25) is 0 Å². The van der Waals surface area contributed by atoms with Gasteiger partial charge in [-0.1, -0.05) is 25.9 Å². The van der Waals surface area contributed by atoms with Crippen molar-refractivity contribution >= 4 is 27.6 Å². The molecule has 6 nitrogen and oxygen atoms in total. The molecule has 1 aromatic rings. The molecule has 2 heterocycles. The van der Waals surface area contributed by atoms with Gasteiger partial charge < -0.3 is 14.7 Å². The van der Waals surface area contributed by atoms with Gasteiger partial charge in [0.1, 0.15) is 5.71 Å². The van der Waals surface area contributed by atoms with Crippen LogP contribution in [-0.4, -0.2) is 40.6 Å². The van der Waals surface area contributed by atoms with Crippen LogP contribution in [0.4, 0.5) is 0 Å². The fourth-order valence-corrected chi connectivity index (χ4v) is 2.35. The van der Waals surface area contributed by atoms with Crippen LogP contribution in [0.15, 0.2) is 28.0 Å². The topological polar surface area (TPSA) is 81.0 Å². The largest absolute Gasteiger partial charge is 0.479 e. The maximum atomic E-state index is 11.3. The molecule has 22 heavy (non-hydrogen) atoms. The second-order valence-corrected chi connectivity index (χ2v) is 7.16. The molecule has 0 bridgehead atoms. The lowest BCUT2D eigenvalue weighted by Crippen LogP contribution is -2.38.